The summed E-state index contributed by atoms with van der Waals surface area (Å²) in [6, 6.07) is 5.25. The van der Waals surface area contributed by atoms with E-state index in [0.717, 1.165) is 5.56 Å². The number of nitrogens with one attached hydrogen (secondary N) is 2. The molecule has 0 bridgehead atoms. The number of rotatable bonds is 9. The fourth-order valence-corrected chi connectivity index (χ4v) is 4.68. The Labute approximate surface area is 192 Å². The van der Waals surface area contributed by atoms with Crippen LogP contribution in [0.15, 0.2) is 34.2 Å². The molecule has 14 heteroatoms. The monoisotopic (exact) mass is 483 g/mol. The second-order valence-corrected chi connectivity index (χ2v) is 9.31. The van der Waals surface area contributed by atoms with Crippen LogP contribution >= 0.6 is 0 Å². The van der Waals surface area contributed by atoms with Crippen molar-refractivity contribution in [3.05, 3.63) is 39.9 Å². The summed E-state index contributed by atoms with van der Waals surface area (Å²) in [5.74, 6) is -0.879. The van der Waals surface area contributed by atoms with E-state index in [4.69, 9.17) is 5.73 Å². The van der Waals surface area contributed by atoms with Crippen LogP contribution in [0.4, 0.5) is 0 Å². The minimum Gasteiger partial charge on any atom is -0.365 e. The smallest absolute Gasteiger partial charge is 0.251 e. The largest absolute Gasteiger partial charge is 0.365 e. The lowest BCUT2D eigenvalue weighted by atomic mass is 10.1. The van der Waals surface area contributed by atoms with Gasteiger partial charge < -0.3 is 15.5 Å². The van der Waals surface area contributed by atoms with Crippen LogP contribution < -0.4 is 15.9 Å². The van der Waals surface area contributed by atoms with Crippen molar-refractivity contribution in [1.29, 1.82) is 0 Å². The first-order chi connectivity index (χ1) is 15.5. The number of nitrogens with two attached hydrogens (primary N) is 1. The summed E-state index contributed by atoms with van der Waals surface area (Å²) < 4.78 is 28.3. The molecule has 0 aromatic heterocycles. The molecular weight excluding hydrogens is 454 g/mol. The van der Waals surface area contributed by atoms with E-state index >= 15 is 0 Å². The van der Waals surface area contributed by atoms with E-state index in [0.29, 0.717) is 26.2 Å². The van der Waals surface area contributed by atoms with E-state index in [1.807, 2.05) is 0 Å². The summed E-state index contributed by atoms with van der Waals surface area (Å²) in [5.41, 5.74) is 7.84. The molecule has 1 aromatic carbocycles. The Bertz CT molecular complexity index is 1010. The van der Waals surface area contributed by atoms with Gasteiger partial charge in [0.25, 0.3) is 5.96 Å². The molecule has 13 nitrogen and oxygen atoms in total. The number of amides is 2. The highest BCUT2D eigenvalue weighted by Crippen LogP contribution is 2.15. The summed E-state index contributed by atoms with van der Waals surface area (Å²) in [7, 11) is -3.98. The number of nitro groups is 1. The van der Waals surface area contributed by atoms with Crippen molar-refractivity contribution in [2.75, 3.05) is 32.7 Å². The minimum atomic E-state index is -3.98. The number of nitrogens with zero attached hydrogens (tertiary/aromatic N) is 4. The number of aryl methyl sites for hydroxylation is 1. The van der Waals surface area contributed by atoms with E-state index < -0.39 is 27.0 Å². The van der Waals surface area contributed by atoms with E-state index in [9.17, 15) is 28.1 Å². The third-order valence-electron chi connectivity index (χ3n) is 5.07. The van der Waals surface area contributed by atoms with Gasteiger partial charge in [-0.15, -0.1) is 0 Å². The van der Waals surface area contributed by atoms with Crippen molar-refractivity contribution >= 4 is 27.8 Å². The zero-order valence-electron chi connectivity index (χ0n) is 18.6. The number of hydrogen-bond donors (Lipinski definition) is 3. The van der Waals surface area contributed by atoms with Gasteiger partial charge in [0, 0.05) is 39.6 Å². The summed E-state index contributed by atoms with van der Waals surface area (Å²) in [6.45, 7) is 4.59. The first-order valence-corrected chi connectivity index (χ1v) is 11.8. The zero-order valence-corrected chi connectivity index (χ0v) is 19.4. The van der Waals surface area contributed by atoms with E-state index in [-0.39, 0.29) is 36.1 Å². The molecule has 1 saturated heterocycles. The molecule has 33 heavy (non-hydrogen) atoms. The van der Waals surface area contributed by atoms with Gasteiger partial charge in [-0.1, -0.05) is 17.6 Å². The predicted octanol–water partition coefficient (Wildman–Crippen LogP) is -0.791. The summed E-state index contributed by atoms with van der Waals surface area (Å²) >= 11 is 0. The molecule has 0 unspecified atom stereocenters. The SMILES string of the molecule is CC(=O)N1CCN(C(=O)[C@H](CCCN=C(N)N[N+](=O)[O-])NS(=O)(=O)c2cccc(C)c2)CC1. The molecule has 0 radical (unpaired) electrons. The number of carbonyl (C=O) groups excluding carboxylic acids is 2. The molecule has 182 valence electrons. The topological polar surface area (TPSA) is 180 Å². The highest BCUT2D eigenvalue weighted by atomic mass is 32.2. The van der Waals surface area contributed by atoms with Crippen molar-refractivity contribution in [2.24, 2.45) is 10.7 Å². The van der Waals surface area contributed by atoms with Gasteiger partial charge in [0.2, 0.25) is 21.8 Å². The Hall–Kier alpha value is -3.26. The maximum Gasteiger partial charge on any atom is 0.251 e. The second kappa shape index (κ2) is 11.6. The summed E-state index contributed by atoms with van der Waals surface area (Å²) in [5, 5.41) is 9.53. The first-order valence-electron chi connectivity index (χ1n) is 10.3. The Balaban J connectivity index is 2.12. The number of aliphatic imine (C=N–C) groups is 1. The molecule has 1 aromatic rings. The van der Waals surface area contributed by atoms with Crippen LogP contribution in [0.2, 0.25) is 0 Å². The van der Waals surface area contributed by atoms with Gasteiger partial charge in [0.15, 0.2) is 5.03 Å². The molecule has 1 fully saturated rings. The molecule has 2 amide bonds. The van der Waals surface area contributed by atoms with Gasteiger partial charge in [-0.05, 0) is 37.5 Å². The van der Waals surface area contributed by atoms with Crippen molar-refractivity contribution in [3.8, 4) is 0 Å². The molecule has 4 N–H and O–H groups in total. The third kappa shape index (κ3) is 7.98. The van der Waals surface area contributed by atoms with E-state index in [1.54, 1.807) is 29.4 Å². The number of guanidine groups is 1. The first kappa shape index (κ1) is 26.0. The van der Waals surface area contributed by atoms with Crippen LogP contribution in [-0.2, 0) is 19.6 Å². The van der Waals surface area contributed by atoms with Gasteiger partial charge in [0.05, 0.1) is 4.90 Å². The highest BCUT2D eigenvalue weighted by Gasteiger charge is 2.31. The van der Waals surface area contributed by atoms with Crippen LogP contribution in [0, 0.1) is 17.0 Å². The molecule has 0 spiro atoms. The zero-order chi connectivity index (χ0) is 24.6. The Morgan fingerprint density at radius 2 is 1.88 bits per heavy atom. The third-order valence-corrected chi connectivity index (χ3v) is 6.54. The maximum atomic E-state index is 13.2. The van der Waals surface area contributed by atoms with Crippen LogP contribution in [0.1, 0.15) is 25.3 Å². The fraction of sp³-hybridized carbons (Fsp3) is 0.526. The maximum absolute atomic E-state index is 13.2. The number of piperazine rings is 1. The average molecular weight is 484 g/mol. The molecule has 0 aliphatic carbocycles. The van der Waals surface area contributed by atoms with E-state index in [1.165, 1.54) is 24.0 Å². The number of carbonyl (C=O) groups is 2. The Kier molecular flexibility index (Phi) is 9.11. The van der Waals surface area contributed by atoms with Gasteiger partial charge in [0.1, 0.15) is 6.04 Å². The van der Waals surface area contributed by atoms with Crippen LogP contribution in [0.5, 0.6) is 0 Å². The number of benzene rings is 1. The van der Waals surface area contributed by atoms with Crippen molar-refractivity contribution in [3.63, 3.8) is 0 Å². The minimum absolute atomic E-state index is 0.0409. The van der Waals surface area contributed by atoms with Crippen LogP contribution in [-0.4, -0.2) is 79.8 Å². The lowest BCUT2D eigenvalue weighted by molar-refractivity contribution is -0.525. The predicted molar refractivity (Wildman–Crippen MR) is 120 cm³/mol. The van der Waals surface area contributed by atoms with Crippen LogP contribution in [0.3, 0.4) is 0 Å². The molecule has 0 saturated carbocycles. The van der Waals surface area contributed by atoms with Crippen molar-refractivity contribution in [2.45, 2.75) is 37.6 Å². The number of hydrazine groups is 1. The lowest BCUT2D eigenvalue weighted by Crippen LogP contribution is -2.55. The van der Waals surface area contributed by atoms with Crippen molar-refractivity contribution < 1.29 is 23.0 Å². The average Bonchev–Trinajstić information content (AvgIpc) is 2.75. The summed E-state index contributed by atoms with van der Waals surface area (Å²) in [4.78, 5) is 42.1. The normalized spacial score (nSPS) is 15.8. The standard InChI is InChI=1S/C19H29N7O6S/c1-14-5-3-6-16(13-14)33(31,32)23-17(7-4-8-21-19(20)22-26(29)30)18(28)25-11-9-24(10-12-25)15(2)27/h3,5-6,13,17,23H,4,7-12H2,1-2H3,(H3,20,21,22)/t17-/m0/s1. The Morgan fingerprint density at radius 1 is 1.24 bits per heavy atom. The molecule has 1 aliphatic heterocycles. The number of hydrogen-bond acceptors (Lipinski definition) is 7. The second-order valence-electron chi connectivity index (χ2n) is 7.60. The summed E-state index contributed by atoms with van der Waals surface area (Å²) in [6.07, 6.45) is 0.353. The van der Waals surface area contributed by atoms with Crippen LogP contribution in [0.25, 0.3) is 0 Å². The fourth-order valence-electron chi connectivity index (χ4n) is 3.36. The highest BCUT2D eigenvalue weighted by molar-refractivity contribution is 7.89. The van der Waals surface area contributed by atoms with Gasteiger partial charge in [-0.3, -0.25) is 9.59 Å². The molecular formula is C19H29N7O6S. The lowest BCUT2D eigenvalue weighted by Gasteiger charge is -2.36. The van der Waals surface area contributed by atoms with Crippen molar-refractivity contribution in [1.82, 2.24) is 19.9 Å². The van der Waals surface area contributed by atoms with Gasteiger partial charge >= 0.3 is 0 Å². The van der Waals surface area contributed by atoms with Gasteiger partial charge in [-0.2, -0.15) is 4.72 Å². The molecule has 2 rings (SSSR count). The molecule has 1 atom stereocenters. The number of sulfonamides is 1. The quantitative estimate of drug-likeness (QED) is 0.134. The van der Waals surface area contributed by atoms with E-state index in [2.05, 4.69) is 9.71 Å². The molecule has 1 aliphatic rings. The van der Waals surface area contributed by atoms with Gasteiger partial charge in [-0.25, -0.2) is 23.5 Å². The Morgan fingerprint density at radius 3 is 2.45 bits per heavy atom. The molecule has 1 heterocycles.